The van der Waals surface area contributed by atoms with Crippen molar-refractivity contribution in [2.45, 2.75) is 76.6 Å². The number of likely N-dealkylation sites (tertiary alicyclic amines) is 1. The molecular formula is C27H35FN6O3. The average molecular weight is 511 g/mol. The van der Waals surface area contributed by atoms with Gasteiger partial charge in [0.1, 0.15) is 35.2 Å². The van der Waals surface area contributed by atoms with Gasteiger partial charge in [0.15, 0.2) is 5.82 Å². The quantitative estimate of drug-likeness (QED) is 0.560. The van der Waals surface area contributed by atoms with E-state index < -0.39 is 11.6 Å². The van der Waals surface area contributed by atoms with Gasteiger partial charge in [-0.1, -0.05) is 6.42 Å². The third kappa shape index (κ3) is 4.79. The van der Waals surface area contributed by atoms with Crippen molar-refractivity contribution in [1.29, 1.82) is 5.41 Å². The molecule has 2 N–H and O–H groups in total. The maximum atomic E-state index is 14.0. The molecule has 0 radical (unpaired) electrons. The summed E-state index contributed by atoms with van der Waals surface area (Å²) in [6.07, 6.45) is 5.55. The first-order valence-corrected chi connectivity index (χ1v) is 13.1. The highest BCUT2D eigenvalue weighted by molar-refractivity contribution is 6.09. The fraction of sp³-hybridized carbons (Fsp3) is 0.593. The van der Waals surface area contributed by atoms with Gasteiger partial charge in [0.25, 0.3) is 0 Å². The first-order valence-electron chi connectivity index (χ1n) is 13.1. The number of aromatic nitrogens is 4. The van der Waals surface area contributed by atoms with E-state index in [-0.39, 0.29) is 41.1 Å². The molecule has 0 aromatic carbocycles. The van der Waals surface area contributed by atoms with E-state index in [0.29, 0.717) is 62.0 Å². The van der Waals surface area contributed by atoms with Gasteiger partial charge < -0.3 is 9.84 Å². The summed E-state index contributed by atoms with van der Waals surface area (Å²) in [5.74, 6) is 0.445. The fourth-order valence-electron chi connectivity index (χ4n) is 6.14. The molecule has 198 valence electrons. The molecule has 2 aliphatic carbocycles. The minimum atomic E-state index is -0.893. The second kappa shape index (κ2) is 9.96. The molecular weight excluding hydrogens is 475 g/mol. The topological polar surface area (TPSA) is 117 Å². The SMILES string of the molecule is C[C@H](Oc1cc(-c2ccn(C)n2)nc(C(=N)C2=C(O)[C@]3(CCCCC3=O)CCC2)n1)[C@@H]1C[C@H](F)CN1C. The molecule has 0 amide bonds. The molecule has 1 saturated heterocycles. The summed E-state index contributed by atoms with van der Waals surface area (Å²) in [7, 11) is 3.69. The lowest BCUT2D eigenvalue weighted by molar-refractivity contribution is -0.131. The Hall–Kier alpha value is -3.14. The molecule has 0 unspecified atom stereocenters. The largest absolute Gasteiger partial charge is 0.511 e. The number of alkyl halides is 1. The fourth-order valence-corrected chi connectivity index (χ4v) is 6.14. The maximum absolute atomic E-state index is 14.0. The number of hydrogen-bond donors (Lipinski definition) is 2. The van der Waals surface area contributed by atoms with Crippen LogP contribution in [0.15, 0.2) is 29.7 Å². The number of likely N-dealkylation sites (N-methyl/N-ethyl adjacent to an activating group) is 1. The van der Waals surface area contributed by atoms with Crippen LogP contribution in [-0.4, -0.2) is 73.2 Å². The van der Waals surface area contributed by atoms with E-state index in [0.717, 1.165) is 12.8 Å². The lowest BCUT2D eigenvalue weighted by Gasteiger charge is -2.39. The summed E-state index contributed by atoms with van der Waals surface area (Å²) in [5, 5.41) is 24.8. The van der Waals surface area contributed by atoms with Crippen LogP contribution in [0.4, 0.5) is 4.39 Å². The Bertz CT molecular complexity index is 1240. The van der Waals surface area contributed by atoms with Crippen molar-refractivity contribution in [3.05, 3.63) is 35.5 Å². The first-order chi connectivity index (χ1) is 17.7. The maximum Gasteiger partial charge on any atom is 0.217 e. The number of ether oxygens (including phenoxy) is 1. The van der Waals surface area contributed by atoms with Gasteiger partial charge in [-0.15, -0.1) is 0 Å². The van der Waals surface area contributed by atoms with Crippen LogP contribution in [0.2, 0.25) is 0 Å². The van der Waals surface area contributed by atoms with Crippen molar-refractivity contribution in [2.24, 2.45) is 12.5 Å². The predicted molar refractivity (Wildman–Crippen MR) is 136 cm³/mol. The van der Waals surface area contributed by atoms with Crippen LogP contribution in [0.1, 0.15) is 64.1 Å². The van der Waals surface area contributed by atoms with Gasteiger partial charge in [-0.25, -0.2) is 9.37 Å². The third-order valence-corrected chi connectivity index (χ3v) is 8.16. The van der Waals surface area contributed by atoms with Gasteiger partial charge in [-0.3, -0.25) is 19.8 Å². The zero-order chi connectivity index (χ0) is 26.3. The summed E-state index contributed by atoms with van der Waals surface area (Å²) in [4.78, 5) is 24.0. The molecule has 37 heavy (non-hydrogen) atoms. The number of ketones is 1. The van der Waals surface area contributed by atoms with Gasteiger partial charge in [-0.2, -0.15) is 10.1 Å². The van der Waals surface area contributed by atoms with Crippen molar-refractivity contribution >= 4 is 11.5 Å². The highest BCUT2D eigenvalue weighted by Gasteiger charge is 2.47. The number of nitrogens with zero attached hydrogens (tertiary/aromatic N) is 5. The summed E-state index contributed by atoms with van der Waals surface area (Å²) < 4.78 is 21.8. The van der Waals surface area contributed by atoms with E-state index in [1.165, 1.54) is 0 Å². The van der Waals surface area contributed by atoms with Crippen molar-refractivity contribution in [1.82, 2.24) is 24.6 Å². The lowest BCUT2D eigenvalue weighted by Crippen LogP contribution is -2.39. The van der Waals surface area contributed by atoms with Gasteiger partial charge >= 0.3 is 0 Å². The molecule has 3 aliphatic rings. The Morgan fingerprint density at radius 1 is 1.22 bits per heavy atom. The van der Waals surface area contributed by atoms with E-state index in [4.69, 9.17) is 10.1 Å². The summed E-state index contributed by atoms with van der Waals surface area (Å²) in [5.41, 5.74) is 0.612. The standard InChI is InChI=1S/C27H35FN6O3/c1-16(21-13-17(28)15-33(21)2)37-23-14-20(19-9-12-34(3)32-19)30-26(31-23)24(29)18-7-6-11-27(25(18)36)10-5-4-8-22(27)35/h9,12,14,16-17,21,29,36H,4-8,10-11,13,15H2,1-3H3/t16-,17-,21-,27+/m0/s1. The number of aliphatic hydroxyl groups excluding tert-OH is 1. The van der Waals surface area contributed by atoms with E-state index in [9.17, 15) is 14.3 Å². The first kappa shape index (κ1) is 25.5. The molecule has 0 bridgehead atoms. The molecule has 5 rings (SSSR count). The molecule has 2 aromatic rings. The molecule has 1 spiro atoms. The summed E-state index contributed by atoms with van der Waals surface area (Å²) in [6.45, 7) is 2.26. The molecule has 1 saturated carbocycles. The second-order valence-corrected chi connectivity index (χ2v) is 10.7. The Kier molecular flexibility index (Phi) is 6.87. The molecule has 2 fully saturated rings. The van der Waals surface area contributed by atoms with Crippen LogP contribution in [0.5, 0.6) is 5.88 Å². The van der Waals surface area contributed by atoms with Crippen LogP contribution in [0.25, 0.3) is 11.4 Å². The zero-order valence-electron chi connectivity index (χ0n) is 21.7. The zero-order valence-corrected chi connectivity index (χ0v) is 21.7. The van der Waals surface area contributed by atoms with Crippen LogP contribution in [0, 0.1) is 10.8 Å². The van der Waals surface area contributed by atoms with Crippen LogP contribution < -0.4 is 4.74 Å². The molecule has 10 heteroatoms. The van der Waals surface area contributed by atoms with Crippen molar-refractivity contribution in [3.63, 3.8) is 0 Å². The van der Waals surface area contributed by atoms with Gasteiger partial charge in [0.05, 0.1) is 11.1 Å². The number of nitrogens with one attached hydrogen (secondary N) is 1. The molecule has 4 atom stereocenters. The predicted octanol–water partition coefficient (Wildman–Crippen LogP) is 4.18. The van der Waals surface area contributed by atoms with Gasteiger partial charge in [0.2, 0.25) is 5.88 Å². The second-order valence-electron chi connectivity index (χ2n) is 10.7. The van der Waals surface area contributed by atoms with Crippen LogP contribution >= 0.6 is 0 Å². The van der Waals surface area contributed by atoms with E-state index in [1.807, 2.05) is 32.0 Å². The highest BCUT2D eigenvalue weighted by atomic mass is 19.1. The summed E-state index contributed by atoms with van der Waals surface area (Å²) >= 11 is 0. The number of allylic oxidation sites excluding steroid dienone is 2. The molecule has 1 aliphatic heterocycles. The monoisotopic (exact) mass is 510 g/mol. The number of carbonyl (C=O) groups is 1. The van der Waals surface area contributed by atoms with Crippen molar-refractivity contribution in [2.75, 3.05) is 13.6 Å². The number of Topliss-reactive ketones (excluding diaryl/α,β-unsaturated/α-hetero) is 1. The minimum Gasteiger partial charge on any atom is -0.511 e. The molecule has 9 nitrogen and oxygen atoms in total. The smallest absolute Gasteiger partial charge is 0.217 e. The number of aliphatic hydroxyl groups is 1. The number of hydrogen-bond acceptors (Lipinski definition) is 8. The number of carbonyl (C=O) groups excluding carboxylic acids is 1. The summed E-state index contributed by atoms with van der Waals surface area (Å²) in [6, 6.07) is 3.39. The Labute approximate surface area is 216 Å². The van der Waals surface area contributed by atoms with E-state index >= 15 is 0 Å². The third-order valence-electron chi connectivity index (χ3n) is 8.16. The van der Waals surface area contributed by atoms with Gasteiger partial charge in [0, 0.05) is 43.9 Å². The number of halogens is 1. The van der Waals surface area contributed by atoms with E-state index in [1.54, 1.807) is 16.9 Å². The molecule has 3 heterocycles. The Morgan fingerprint density at radius 3 is 2.68 bits per heavy atom. The Balaban J connectivity index is 1.51. The highest BCUT2D eigenvalue weighted by Crippen LogP contribution is 2.48. The average Bonchev–Trinajstić information content (AvgIpc) is 3.46. The van der Waals surface area contributed by atoms with Crippen LogP contribution in [-0.2, 0) is 11.8 Å². The van der Waals surface area contributed by atoms with Gasteiger partial charge in [-0.05, 0) is 58.6 Å². The van der Waals surface area contributed by atoms with Crippen LogP contribution in [0.3, 0.4) is 0 Å². The Morgan fingerprint density at radius 2 is 2.00 bits per heavy atom. The number of rotatable bonds is 6. The molecule has 2 aromatic heterocycles. The van der Waals surface area contributed by atoms with E-state index in [2.05, 4.69) is 15.1 Å². The van der Waals surface area contributed by atoms with Crippen molar-refractivity contribution in [3.8, 4) is 17.3 Å². The number of aryl methyl sites for hydroxylation is 1. The lowest BCUT2D eigenvalue weighted by atomic mass is 9.64. The minimum absolute atomic E-state index is 0.00737. The normalized spacial score (nSPS) is 27.6. The van der Waals surface area contributed by atoms with Crippen molar-refractivity contribution < 1.29 is 19.0 Å².